The number of rotatable bonds is 6. The molecule has 1 heterocycles. The van der Waals surface area contributed by atoms with E-state index in [-0.39, 0.29) is 16.9 Å². The second-order valence-corrected chi connectivity index (χ2v) is 5.83. The van der Waals surface area contributed by atoms with Gasteiger partial charge in [0.15, 0.2) is 11.6 Å². The molecule has 0 aliphatic carbocycles. The molecule has 0 N–H and O–H groups in total. The number of methoxy groups -OCH3 is 2. The number of carbonyl (C=O) groups is 1. The lowest BCUT2D eigenvalue weighted by molar-refractivity contribution is 0.0599. The maximum Gasteiger partial charge on any atom is 0.338 e. The average molecular weight is 366 g/mol. The van der Waals surface area contributed by atoms with Crippen LogP contribution < -0.4 is 4.74 Å². The Bertz CT molecular complexity index is 964. The molecule has 0 saturated carbocycles. The number of esters is 1. The van der Waals surface area contributed by atoms with Crippen molar-refractivity contribution in [2.24, 2.45) is 0 Å². The molecule has 1 aromatic heterocycles. The van der Waals surface area contributed by atoms with Crippen LogP contribution >= 0.6 is 0 Å². The van der Waals surface area contributed by atoms with Crippen molar-refractivity contribution in [2.75, 3.05) is 14.2 Å². The smallest absolute Gasteiger partial charge is 0.338 e. The summed E-state index contributed by atoms with van der Waals surface area (Å²) in [6.07, 6.45) is 5.23. The van der Waals surface area contributed by atoms with Crippen molar-refractivity contribution in [3.8, 4) is 11.4 Å². The summed E-state index contributed by atoms with van der Waals surface area (Å²) in [6.45, 7) is 3.58. The highest BCUT2D eigenvalue weighted by Gasteiger charge is 2.21. The standard InChI is InChI=1S/C21H19FN2O3/c1-4-17-18(21(25)27-3)13-15(20(26-2)19(17)22)12-14-6-8-16(9-7-14)24-11-5-10-23-24/h4-11,13H,1,12H2,2-3H3. The van der Waals surface area contributed by atoms with Gasteiger partial charge in [-0.3, -0.25) is 0 Å². The molecule has 0 bridgehead atoms. The van der Waals surface area contributed by atoms with Crippen LogP contribution in [0, 0.1) is 5.82 Å². The fourth-order valence-corrected chi connectivity index (χ4v) is 2.94. The number of nitrogens with zero attached hydrogens (tertiary/aromatic N) is 2. The van der Waals surface area contributed by atoms with Crippen LogP contribution in [0.25, 0.3) is 11.8 Å². The van der Waals surface area contributed by atoms with Crippen LogP contribution in [0.1, 0.15) is 27.0 Å². The van der Waals surface area contributed by atoms with Gasteiger partial charge in [0.1, 0.15) is 0 Å². The predicted molar refractivity (Wildman–Crippen MR) is 101 cm³/mol. The topological polar surface area (TPSA) is 53.4 Å². The molecule has 0 amide bonds. The lowest BCUT2D eigenvalue weighted by Gasteiger charge is -2.15. The van der Waals surface area contributed by atoms with E-state index in [2.05, 4.69) is 11.7 Å². The first-order valence-corrected chi connectivity index (χ1v) is 8.28. The van der Waals surface area contributed by atoms with Gasteiger partial charge in [0.25, 0.3) is 0 Å². The van der Waals surface area contributed by atoms with Crippen LogP contribution in [0.2, 0.25) is 0 Å². The largest absolute Gasteiger partial charge is 0.493 e. The Balaban J connectivity index is 1.99. The fraction of sp³-hybridized carbons (Fsp3) is 0.143. The summed E-state index contributed by atoms with van der Waals surface area (Å²) in [7, 11) is 2.65. The van der Waals surface area contributed by atoms with Gasteiger partial charge in [-0.15, -0.1) is 0 Å². The minimum Gasteiger partial charge on any atom is -0.493 e. The molecule has 0 atom stereocenters. The zero-order valence-corrected chi connectivity index (χ0v) is 15.1. The van der Waals surface area contributed by atoms with Crippen molar-refractivity contribution in [1.82, 2.24) is 9.78 Å². The molecule has 27 heavy (non-hydrogen) atoms. The monoisotopic (exact) mass is 366 g/mol. The van der Waals surface area contributed by atoms with Crippen molar-refractivity contribution >= 4 is 12.0 Å². The molecular weight excluding hydrogens is 347 g/mol. The molecule has 3 rings (SSSR count). The van der Waals surface area contributed by atoms with Crippen molar-refractivity contribution in [2.45, 2.75) is 6.42 Å². The first kappa shape index (κ1) is 18.4. The minimum atomic E-state index is -0.626. The van der Waals surface area contributed by atoms with Crippen LogP contribution in [-0.4, -0.2) is 30.0 Å². The molecule has 0 aliphatic heterocycles. The molecule has 0 saturated heterocycles. The van der Waals surface area contributed by atoms with Crippen LogP contribution in [0.5, 0.6) is 5.75 Å². The molecule has 2 aromatic carbocycles. The van der Waals surface area contributed by atoms with E-state index in [9.17, 15) is 9.18 Å². The predicted octanol–water partition coefficient (Wildman–Crippen LogP) is 4.04. The minimum absolute atomic E-state index is 0.0662. The quantitative estimate of drug-likeness (QED) is 0.618. The van der Waals surface area contributed by atoms with E-state index in [1.54, 1.807) is 16.9 Å². The molecule has 0 unspecified atom stereocenters. The summed E-state index contributed by atoms with van der Waals surface area (Å²) in [5.74, 6) is -1.16. The molecule has 3 aromatic rings. The second kappa shape index (κ2) is 7.86. The van der Waals surface area contributed by atoms with Crippen molar-refractivity contribution in [3.05, 3.63) is 83.4 Å². The third-order valence-corrected chi connectivity index (χ3v) is 4.25. The van der Waals surface area contributed by atoms with E-state index in [1.165, 1.54) is 20.3 Å². The van der Waals surface area contributed by atoms with Gasteiger partial charge in [0, 0.05) is 29.9 Å². The molecule has 0 aliphatic rings. The van der Waals surface area contributed by atoms with E-state index < -0.39 is 11.8 Å². The molecule has 0 radical (unpaired) electrons. The maximum atomic E-state index is 14.8. The number of hydrogen-bond acceptors (Lipinski definition) is 4. The van der Waals surface area contributed by atoms with Gasteiger partial charge in [0.2, 0.25) is 0 Å². The summed E-state index contributed by atoms with van der Waals surface area (Å²) in [6, 6.07) is 11.1. The van der Waals surface area contributed by atoms with Gasteiger partial charge in [-0.25, -0.2) is 13.9 Å². The van der Waals surface area contributed by atoms with E-state index in [0.717, 1.165) is 11.3 Å². The normalized spacial score (nSPS) is 10.5. The highest BCUT2D eigenvalue weighted by Crippen LogP contribution is 2.31. The van der Waals surface area contributed by atoms with E-state index in [1.807, 2.05) is 36.5 Å². The van der Waals surface area contributed by atoms with E-state index in [0.29, 0.717) is 12.0 Å². The summed E-state index contributed by atoms with van der Waals surface area (Å²) < 4.78 is 26.6. The molecule has 0 spiro atoms. The van der Waals surface area contributed by atoms with E-state index >= 15 is 0 Å². The summed E-state index contributed by atoms with van der Waals surface area (Å²) in [4.78, 5) is 12.0. The van der Waals surface area contributed by atoms with Crippen molar-refractivity contribution in [3.63, 3.8) is 0 Å². The summed E-state index contributed by atoms with van der Waals surface area (Å²) >= 11 is 0. The van der Waals surface area contributed by atoms with Gasteiger partial charge in [-0.05, 0) is 29.8 Å². The van der Waals surface area contributed by atoms with Gasteiger partial charge in [-0.1, -0.05) is 24.8 Å². The fourth-order valence-electron chi connectivity index (χ4n) is 2.94. The van der Waals surface area contributed by atoms with Gasteiger partial charge >= 0.3 is 5.97 Å². The number of halogens is 1. The molecule has 0 fully saturated rings. The molecular formula is C21H19FN2O3. The Labute approximate surface area is 156 Å². The highest BCUT2D eigenvalue weighted by molar-refractivity contribution is 5.94. The zero-order valence-electron chi connectivity index (χ0n) is 15.1. The van der Waals surface area contributed by atoms with Gasteiger partial charge in [0.05, 0.1) is 25.5 Å². The van der Waals surface area contributed by atoms with Crippen LogP contribution in [0.3, 0.4) is 0 Å². The van der Waals surface area contributed by atoms with Crippen LogP contribution in [-0.2, 0) is 11.2 Å². The number of aromatic nitrogens is 2. The lowest BCUT2D eigenvalue weighted by Crippen LogP contribution is -2.09. The Morgan fingerprint density at radius 1 is 1.30 bits per heavy atom. The number of carbonyl (C=O) groups excluding carboxylic acids is 1. The number of benzene rings is 2. The molecule has 6 heteroatoms. The number of ether oxygens (including phenoxy) is 2. The summed E-state index contributed by atoms with van der Waals surface area (Å²) in [5, 5.41) is 4.18. The molecule has 5 nitrogen and oxygen atoms in total. The van der Waals surface area contributed by atoms with E-state index in [4.69, 9.17) is 9.47 Å². The second-order valence-electron chi connectivity index (χ2n) is 5.83. The first-order chi connectivity index (χ1) is 13.1. The van der Waals surface area contributed by atoms with Gasteiger partial charge < -0.3 is 9.47 Å². The van der Waals surface area contributed by atoms with Crippen molar-refractivity contribution < 1.29 is 18.7 Å². The third-order valence-electron chi connectivity index (χ3n) is 4.25. The Kier molecular flexibility index (Phi) is 5.35. The molecule has 138 valence electrons. The SMILES string of the molecule is C=Cc1c(C(=O)OC)cc(Cc2ccc(-n3cccn3)cc2)c(OC)c1F. The average Bonchev–Trinajstić information content (AvgIpc) is 3.22. The Hall–Kier alpha value is -3.41. The Morgan fingerprint density at radius 3 is 2.59 bits per heavy atom. The maximum absolute atomic E-state index is 14.8. The number of hydrogen-bond donors (Lipinski definition) is 0. The van der Waals surface area contributed by atoms with Crippen LogP contribution in [0.4, 0.5) is 4.39 Å². The zero-order chi connectivity index (χ0) is 19.4. The highest BCUT2D eigenvalue weighted by atomic mass is 19.1. The van der Waals surface area contributed by atoms with Gasteiger partial charge in [-0.2, -0.15) is 5.10 Å². The Morgan fingerprint density at radius 2 is 2.04 bits per heavy atom. The van der Waals surface area contributed by atoms with Crippen molar-refractivity contribution in [1.29, 1.82) is 0 Å². The summed E-state index contributed by atoms with van der Waals surface area (Å²) in [5.41, 5.74) is 2.59. The lowest BCUT2D eigenvalue weighted by atomic mass is 9.97. The first-order valence-electron chi connectivity index (χ1n) is 8.28. The third kappa shape index (κ3) is 3.60. The van der Waals surface area contributed by atoms with Crippen LogP contribution in [0.15, 0.2) is 55.4 Å².